The van der Waals surface area contributed by atoms with Gasteiger partial charge in [-0.05, 0) is 29.7 Å². The van der Waals surface area contributed by atoms with Crippen molar-refractivity contribution >= 4 is 29.4 Å². The van der Waals surface area contributed by atoms with Crippen molar-refractivity contribution in [3.63, 3.8) is 0 Å². The second kappa shape index (κ2) is 6.21. The molecule has 0 amide bonds. The summed E-state index contributed by atoms with van der Waals surface area (Å²) in [6.07, 6.45) is 2.88. The number of Topliss-reactive ketones (excluding diaryl/α,β-unsaturated/α-hetero) is 1. The largest absolute Gasteiger partial charge is 0.478 e. The van der Waals surface area contributed by atoms with Gasteiger partial charge >= 0.3 is 5.97 Å². The molecule has 0 fully saturated rings. The average molecular weight is 253 g/mol. The van der Waals surface area contributed by atoms with Gasteiger partial charge in [0.15, 0.2) is 5.78 Å². The lowest BCUT2D eigenvalue weighted by molar-refractivity contribution is -0.131. The molecule has 1 N–H and O–H groups in total. The number of ketones is 1. The van der Waals surface area contributed by atoms with Crippen molar-refractivity contribution in [2.75, 3.05) is 5.88 Å². The Balaban J connectivity index is 2.98. The van der Waals surface area contributed by atoms with E-state index in [2.05, 4.69) is 0 Å². The first-order valence-electron chi connectivity index (χ1n) is 5.11. The standard InChI is InChI=1S/C13H13ClO3/c1-9-10(5-6-13(16)17)3-2-4-11(9)7-12(15)8-14/h2-6H,7-8H2,1H3,(H,16,17)/b6-5+. The third-order valence-electron chi connectivity index (χ3n) is 2.43. The number of rotatable bonds is 5. The van der Waals surface area contributed by atoms with E-state index >= 15 is 0 Å². The summed E-state index contributed by atoms with van der Waals surface area (Å²) in [5, 5.41) is 8.56. The summed E-state index contributed by atoms with van der Waals surface area (Å²) in [5.41, 5.74) is 2.58. The van der Waals surface area contributed by atoms with Crippen molar-refractivity contribution < 1.29 is 14.7 Å². The molecule has 90 valence electrons. The lowest BCUT2D eigenvalue weighted by Gasteiger charge is -2.07. The van der Waals surface area contributed by atoms with Crippen LogP contribution in [0.1, 0.15) is 16.7 Å². The molecule has 3 nitrogen and oxygen atoms in total. The lowest BCUT2D eigenvalue weighted by atomic mass is 9.98. The Morgan fingerprint density at radius 2 is 2.12 bits per heavy atom. The van der Waals surface area contributed by atoms with E-state index in [0.29, 0.717) is 0 Å². The van der Waals surface area contributed by atoms with Gasteiger partial charge in [0.2, 0.25) is 0 Å². The molecular formula is C13H13ClO3. The Bertz CT molecular complexity index is 464. The quantitative estimate of drug-likeness (QED) is 0.647. The Morgan fingerprint density at radius 3 is 2.71 bits per heavy atom. The summed E-state index contributed by atoms with van der Waals surface area (Å²) in [7, 11) is 0. The van der Waals surface area contributed by atoms with Crippen molar-refractivity contribution in [1.29, 1.82) is 0 Å². The highest BCUT2D eigenvalue weighted by Gasteiger charge is 2.06. The number of alkyl halides is 1. The van der Waals surface area contributed by atoms with E-state index < -0.39 is 5.97 Å². The number of carboxylic acid groups (broad SMARTS) is 1. The van der Waals surface area contributed by atoms with Crippen LogP contribution in [0.25, 0.3) is 6.08 Å². The van der Waals surface area contributed by atoms with Crippen LogP contribution >= 0.6 is 11.6 Å². The predicted octanol–water partition coefficient (Wildman–Crippen LogP) is 2.44. The molecule has 0 aliphatic rings. The monoisotopic (exact) mass is 252 g/mol. The molecule has 4 heteroatoms. The zero-order valence-electron chi connectivity index (χ0n) is 9.44. The van der Waals surface area contributed by atoms with Crippen molar-refractivity contribution in [2.24, 2.45) is 0 Å². The minimum Gasteiger partial charge on any atom is -0.478 e. The maximum atomic E-state index is 11.3. The zero-order chi connectivity index (χ0) is 12.8. The highest BCUT2D eigenvalue weighted by atomic mass is 35.5. The number of benzene rings is 1. The van der Waals surface area contributed by atoms with Crippen LogP contribution in [0.5, 0.6) is 0 Å². The third kappa shape index (κ3) is 4.04. The van der Waals surface area contributed by atoms with Crippen LogP contribution in [0, 0.1) is 6.92 Å². The molecule has 0 saturated heterocycles. The van der Waals surface area contributed by atoms with Gasteiger partial charge in [-0.2, -0.15) is 0 Å². The minimum absolute atomic E-state index is 0.00532. The highest BCUT2D eigenvalue weighted by Crippen LogP contribution is 2.16. The molecule has 1 rings (SSSR count). The molecular weight excluding hydrogens is 240 g/mol. The summed E-state index contributed by atoms with van der Waals surface area (Å²) in [6.45, 7) is 1.86. The van der Waals surface area contributed by atoms with Gasteiger partial charge in [-0.1, -0.05) is 18.2 Å². The Hall–Kier alpha value is -1.61. The van der Waals surface area contributed by atoms with Gasteiger partial charge in [0.1, 0.15) is 0 Å². The summed E-state index contributed by atoms with van der Waals surface area (Å²) in [4.78, 5) is 21.7. The van der Waals surface area contributed by atoms with E-state index in [1.165, 1.54) is 6.08 Å². The topological polar surface area (TPSA) is 54.4 Å². The predicted molar refractivity (Wildman–Crippen MR) is 67.3 cm³/mol. The molecule has 0 aliphatic heterocycles. The van der Waals surface area contributed by atoms with E-state index in [4.69, 9.17) is 16.7 Å². The van der Waals surface area contributed by atoms with Crippen LogP contribution in [-0.2, 0) is 16.0 Å². The minimum atomic E-state index is -0.994. The summed E-state index contributed by atoms with van der Waals surface area (Å²) in [5.74, 6) is -1.05. The van der Waals surface area contributed by atoms with Gasteiger partial charge in [-0.15, -0.1) is 11.6 Å². The van der Waals surface area contributed by atoms with Crippen molar-refractivity contribution in [3.05, 3.63) is 41.0 Å². The van der Waals surface area contributed by atoms with Gasteiger partial charge in [0.25, 0.3) is 0 Å². The fourth-order valence-electron chi connectivity index (χ4n) is 1.50. The lowest BCUT2D eigenvalue weighted by Crippen LogP contribution is -2.05. The van der Waals surface area contributed by atoms with Crippen molar-refractivity contribution in [3.8, 4) is 0 Å². The molecule has 17 heavy (non-hydrogen) atoms. The molecule has 0 spiro atoms. The summed E-state index contributed by atoms with van der Waals surface area (Å²) < 4.78 is 0. The molecule has 0 bridgehead atoms. The number of aliphatic carboxylic acids is 1. The average Bonchev–Trinajstić information content (AvgIpc) is 2.30. The van der Waals surface area contributed by atoms with Crippen molar-refractivity contribution in [1.82, 2.24) is 0 Å². The van der Waals surface area contributed by atoms with Gasteiger partial charge in [-0.3, -0.25) is 4.79 Å². The molecule has 1 aromatic carbocycles. The van der Waals surface area contributed by atoms with E-state index in [1.54, 1.807) is 6.07 Å². The normalized spacial score (nSPS) is 10.7. The fourth-order valence-corrected chi connectivity index (χ4v) is 1.59. The van der Waals surface area contributed by atoms with E-state index in [1.807, 2.05) is 19.1 Å². The molecule has 0 atom stereocenters. The molecule has 0 aromatic heterocycles. The summed E-state index contributed by atoms with van der Waals surface area (Å²) >= 11 is 5.46. The van der Waals surface area contributed by atoms with Crippen molar-refractivity contribution in [2.45, 2.75) is 13.3 Å². The van der Waals surface area contributed by atoms with Gasteiger partial charge in [-0.25, -0.2) is 4.79 Å². The number of hydrogen-bond acceptors (Lipinski definition) is 2. The van der Waals surface area contributed by atoms with E-state index in [-0.39, 0.29) is 18.1 Å². The van der Waals surface area contributed by atoms with Gasteiger partial charge < -0.3 is 5.11 Å². The Labute approximate surface area is 105 Å². The van der Waals surface area contributed by atoms with Crippen LogP contribution in [0.15, 0.2) is 24.3 Å². The number of carboxylic acids is 1. The molecule has 0 aliphatic carbocycles. The SMILES string of the molecule is Cc1c(/C=C/C(=O)O)cccc1CC(=O)CCl. The zero-order valence-corrected chi connectivity index (χ0v) is 10.2. The highest BCUT2D eigenvalue weighted by molar-refractivity contribution is 6.27. The van der Waals surface area contributed by atoms with Crippen LogP contribution in [0.3, 0.4) is 0 Å². The van der Waals surface area contributed by atoms with Gasteiger partial charge in [0, 0.05) is 12.5 Å². The number of carbonyl (C=O) groups is 2. The van der Waals surface area contributed by atoms with Crippen LogP contribution in [-0.4, -0.2) is 22.7 Å². The molecule has 0 saturated carbocycles. The van der Waals surface area contributed by atoms with Crippen LogP contribution < -0.4 is 0 Å². The molecule has 1 aromatic rings. The third-order valence-corrected chi connectivity index (χ3v) is 2.73. The van der Waals surface area contributed by atoms with E-state index in [9.17, 15) is 9.59 Å². The maximum absolute atomic E-state index is 11.3. The van der Waals surface area contributed by atoms with Crippen LogP contribution in [0.2, 0.25) is 0 Å². The molecule has 0 unspecified atom stereocenters. The van der Waals surface area contributed by atoms with Gasteiger partial charge in [0.05, 0.1) is 5.88 Å². The maximum Gasteiger partial charge on any atom is 0.328 e. The molecule has 0 heterocycles. The summed E-state index contributed by atoms with van der Waals surface area (Å²) in [6, 6.07) is 5.45. The first-order valence-corrected chi connectivity index (χ1v) is 5.65. The first-order chi connectivity index (χ1) is 8.04. The fraction of sp³-hybridized carbons (Fsp3) is 0.231. The Morgan fingerprint density at radius 1 is 1.41 bits per heavy atom. The second-order valence-electron chi connectivity index (χ2n) is 3.65. The number of hydrogen-bond donors (Lipinski definition) is 1. The smallest absolute Gasteiger partial charge is 0.328 e. The van der Waals surface area contributed by atoms with E-state index in [0.717, 1.165) is 22.8 Å². The number of halogens is 1. The second-order valence-corrected chi connectivity index (χ2v) is 3.92. The first kappa shape index (κ1) is 13.5. The molecule has 0 radical (unpaired) electrons. The Kier molecular flexibility index (Phi) is 4.91. The van der Waals surface area contributed by atoms with Crippen LogP contribution in [0.4, 0.5) is 0 Å². The number of carbonyl (C=O) groups excluding carboxylic acids is 1.